The van der Waals surface area contributed by atoms with Crippen molar-refractivity contribution in [1.82, 2.24) is 0 Å². The summed E-state index contributed by atoms with van der Waals surface area (Å²) in [4.78, 5) is 0. The molecule has 1 unspecified atom stereocenters. The number of ether oxygens (including phenoxy) is 1. The number of benzene rings is 2. The number of hydrogen-bond donors (Lipinski definition) is 1. The van der Waals surface area contributed by atoms with Crippen LogP contribution in [0.5, 0.6) is 5.75 Å². The molecule has 0 aliphatic carbocycles. The van der Waals surface area contributed by atoms with Crippen molar-refractivity contribution in [3.05, 3.63) is 65.7 Å². The van der Waals surface area contributed by atoms with Crippen molar-refractivity contribution in [1.29, 1.82) is 0 Å². The Morgan fingerprint density at radius 2 is 1.53 bits per heavy atom. The minimum atomic E-state index is -0.354. The van der Waals surface area contributed by atoms with Crippen molar-refractivity contribution in [2.45, 2.75) is 24.9 Å². The molecule has 0 bridgehead atoms. The number of phenols is 1. The fourth-order valence-corrected chi connectivity index (χ4v) is 2.85. The monoisotopic (exact) mass is 254 g/mol. The van der Waals surface area contributed by atoms with Crippen LogP contribution in [0, 0.1) is 0 Å². The van der Waals surface area contributed by atoms with Gasteiger partial charge in [-0.2, -0.15) is 0 Å². The molecule has 1 atom stereocenters. The zero-order chi connectivity index (χ0) is 13.1. The van der Waals surface area contributed by atoms with Gasteiger partial charge in [0.25, 0.3) is 0 Å². The summed E-state index contributed by atoms with van der Waals surface area (Å²) in [6.45, 7) is 0.787. The van der Waals surface area contributed by atoms with E-state index >= 15 is 0 Å². The van der Waals surface area contributed by atoms with Gasteiger partial charge in [-0.05, 0) is 42.5 Å². The molecule has 2 aromatic rings. The van der Waals surface area contributed by atoms with E-state index in [1.807, 2.05) is 18.2 Å². The van der Waals surface area contributed by atoms with Crippen LogP contribution in [0.1, 0.15) is 30.4 Å². The highest BCUT2D eigenvalue weighted by atomic mass is 16.5. The number of aromatic hydroxyl groups is 1. The third-order valence-electron chi connectivity index (χ3n) is 3.85. The molecule has 1 aliphatic heterocycles. The van der Waals surface area contributed by atoms with Crippen molar-refractivity contribution in [2.24, 2.45) is 0 Å². The first kappa shape index (κ1) is 12.2. The van der Waals surface area contributed by atoms with Gasteiger partial charge in [0, 0.05) is 6.61 Å². The minimum Gasteiger partial charge on any atom is -0.508 e. The predicted octanol–water partition coefficient (Wildman–Crippen LogP) is 3.84. The average molecular weight is 254 g/mol. The smallest absolute Gasteiger partial charge is 0.118 e. The molecule has 98 valence electrons. The fourth-order valence-electron chi connectivity index (χ4n) is 2.85. The molecule has 1 saturated heterocycles. The standard InChI is InChI=1S/C17H18O2/c18-16-10-8-15(9-11-16)17(12-4-5-13-19-17)14-6-2-1-3-7-14/h1-3,6-11,18H,4-5,12-13H2. The van der Waals surface area contributed by atoms with Crippen LogP contribution in [-0.2, 0) is 10.3 Å². The van der Waals surface area contributed by atoms with Gasteiger partial charge >= 0.3 is 0 Å². The summed E-state index contributed by atoms with van der Waals surface area (Å²) in [7, 11) is 0. The van der Waals surface area contributed by atoms with Gasteiger partial charge in [0.05, 0.1) is 0 Å². The van der Waals surface area contributed by atoms with E-state index in [0.29, 0.717) is 5.75 Å². The van der Waals surface area contributed by atoms with Crippen LogP contribution in [0.25, 0.3) is 0 Å². The predicted molar refractivity (Wildman–Crippen MR) is 75.1 cm³/mol. The van der Waals surface area contributed by atoms with Gasteiger partial charge < -0.3 is 9.84 Å². The topological polar surface area (TPSA) is 29.5 Å². The van der Waals surface area contributed by atoms with Crippen LogP contribution < -0.4 is 0 Å². The molecule has 1 N–H and O–H groups in total. The Kier molecular flexibility index (Phi) is 3.26. The van der Waals surface area contributed by atoms with Crippen molar-refractivity contribution in [3.63, 3.8) is 0 Å². The Morgan fingerprint density at radius 1 is 0.842 bits per heavy atom. The third-order valence-corrected chi connectivity index (χ3v) is 3.85. The van der Waals surface area contributed by atoms with Crippen molar-refractivity contribution < 1.29 is 9.84 Å². The minimum absolute atomic E-state index is 0.294. The first-order chi connectivity index (χ1) is 9.31. The molecule has 19 heavy (non-hydrogen) atoms. The maximum absolute atomic E-state index is 9.47. The summed E-state index contributed by atoms with van der Waals surface area (Å²) in [6, 6.07) is 17.8. The maximum atomic E-state index is 9.47. The van der Waals surface area contributed by atoms with Crippen LogP contribution in [0.15, 0.2) is 54.6 Å². The van der Waals surface area contributed by atoms with E-state index in [9.17, 15) is 5.11 Å². The molecule has 1 heterocycles. The van der Waals surface area contributed by atoms with Gasteiger partial charge in [0.2, 0.25) is 0 Å². The molecular weight excluding hydrogens is 236 g/mol. The molecule has 0 radical (unpaired) electrons. The SMILES string of the molecule is Oc1ccc(C2(c3ccccc3)CCCCO2)cc1. The second kappa shape index (κ2) is 5.06. The summed E-state index contributed by atoms with van der Waals surface area (Å²) >= 11 is 0. The van der Waals surface area contributed by atoms with Crippen LogP contribution >= 0.6 is 0 Å². The zero-order valence-electron chi connectivity index (χ0n) is 10.9. The van der Waals surface area contributed by atoms with Gasteiger partial charge in [-0.3, -0.25) is 0 Å². The molecule has 0 amide bonds. The van der Waals surface area contributed by atoms with Crippen LogP contribution in [0.4, 0.5) is 0 Å². The average Bonchev–Trinajstić information content (AvgIpc) is 2.49. The Labute approximate surface area is 113 Å². The molecule has 3 rings (SSSR count). The molecule has 1 fully saturated rings. The van der Waals surface area contributed by atoms with Gasteiger partial charge in [-0.25, -0.2) is 0 Å². The zero-order valence-corrected chi connectivity index (χ0v) is 10.9. The van der Waals surface area contributed by atoms with Crippen LogP contribution in [0.3, 0.4) is 0 Å². The number of rotatable bonds is 2. The lowest BCUT2D eigenvalue weighted by atomic mass is 9.80. The lowest BCUT2D eigenvalue weighted by Gasteiger charge is -2.38. The van der Waals surface area contributed by atoms with E-state index in [2.05, 4.69) is 24.3 Å². The number of hydrogen-bond acceptors (Lipinski definition) is 2. The summed E-state index contributed by atoms with van der Waals surface area (Å²) in [6.07, 6.45) is 3.27. The Morgan fingerprint density at radius 3 is 2.16 bits per heavy atom. The fraction of sp³-hybridized carbons (Fsp3) is 0.294. The van der Waals surface area contributed by atoms with Crippen molar-refractivity contribution in [2.75, 3.05) is 6.61 Å². The summed E-state index contributed by atoms with van der Waals surface area (Å²) in [5, 5.41) is 9.47. The molecule has 2 nitrogen and oxygen atoms in total. The van der Waals surface area contributed by atoms with Gasteiger partial charge in [-0.15, -0.1) is 0 Å². The molecule has 0 spiro atoms. The molecule has 1 aliphatic rings. The van der Waals surface area contributed by atoms with E-state index in [0.717, 1.165) is 31.4 Å². The van der Waals surface area contributed by atoms with E-state index in [1.165, 1.54) is 5.56 Å². The highest BCUT2D eigenvalue weighted by molar-refractivity contribution is 5.39. The normalized spacial score (nSPS) is 23.2. The molecule has 2 aromatic carbocycles. The van der Waals surface area contributed by atoms with E-state index in [-0.39, 0.29) is 5.60 Å². The van der Waals surface area contributed by atoms with E-state index in [4.69, 9.17) is 4.74 Å². The van der Waals surface area contributed by atoms with Crippen molar-refractivity contribution in [3.8, 4) is 5.75 Å². The van der Waals surface area contributed by atoms with Gasteiger partial charge in [-0.1, -0.05) is 42.5 Å². The second-order valence-electron chi connectivity index (χ2n) is 5.05. The first-order valence-electron chi connectivity index (χ1n) is 6.80. The lowest BCUT2D eigenvalue weighted by molar-refractivity contribution is -0.0533. The highest BCUT2D eigenvalue weighted by Gasteiger charge is 2.36. The number of phenolic OH excluding ortho intramolecular Hbond substituents is 1. The second-order valence-corrected chi connectivity index (χ2v) is 5.05. The maximum Gasteiger partial charge on any atom is 0.118 e. The van der Waals surface area contributed by atoms with E-state index < -0.39 is 0 Å². The summed E-state index contributed by atoms with van der Waals surface area (Å²) < 4.78 is 6.20. The van der Waals surface area contributed by atoms with Crippen molar-refractivity contribution >= 4 is 0 Å². The lowest BCUT2D eigenvalue weighted by Crippen LogP contribution is -2.34. The van der Waals surface area contributed by atoms with E-state index in [1.54, 1.807) is 12.1 Å². The molecule has 2 heteroatoms. The Bertz CT molecular complexity index is 525. The largest absolute Gasteiger partial charge is 0.508 e. The first-order valence-corrected chi connectivity index (χ1v) is 6.80. The molecule has 0 saturated carbocycles. The molecular formula is C17H18O2. The van der Waals surface area contributed by atoms with Gasteiger partial charge in [0.15, 0.2) is 0 Å². The summed E-state index contributed by atoms with van der Waals surface area (Å²) in [5.41, 5.74) is 1.96. The highest BCUT2D eigenvalue weighted by Crippen LogP contribution is 2.41. The Hall–Kier alpha value is -1.80. The third kappa shape index (κ3) is 2.24. The quantitative estimate of drug-likeness (QED) is 0.882. The Balaban J connectivity index is 2.09. The van der Waals surface area contributed by atoms with Gasteiger partial charge in [0.1, 0.15) is 11.4 Å². The summed E-state index contributed by atoms with van der Waals surface area (Å²) in [5.74, 6) is 0.294. The van der Waals surface area contributed by atoms with Crippen LogP contribution in [0.2, 0.25) is 0 Å². The van der Waals surface area contributed by atoms with Crippen LogP contribution in [-0.4, -0.2) is 11.7 Å². The molecule has 0 aromatic heterocycles.